The Hall–Kier alpha value is -4.17. The second-order valence-electron chi connectivity index (χ2n) is 8.31. The number of carboxylic acid groups (broad SMARTS) is 1. The second-order valence-corrected chi connectivity index (χ2v) is 8.31. The number of amides is 2. The summed E-state index contributed by atoms with van der Waals surface area (Å²) in [6.07, 6.45) is -0.770. The van der Waals surface area contributed by atoms with Gasteiger partial charge in [0, 0.05) is 30.2 Å². The molecular weight excluding hydrogens is 448 g/mol. The van der Waals surface area contributed by atoms with Gasteiger partial charge in [0.25, 0.3) is 5.91 Å². The minimum Gasteiger partial charge on any atom is -0.480 e. The Labute approximate surface area is 202 Å². The number of nitrogens with one attached hydrogen (secondary N) is 2. The summed E-state index contributed by atoms with van der Waals surface area (Å²) < 4.78 is 5.57. The Morgan fingerprint density at radius 3 is 2.17 bits per heavy atom. The van der Waals surface area contributed by atoms with Gasteiger partial charge in [-0.1, -0.05) is 54.6 Å². The molecule has 4 N–H and O–H groups in total. The number of aliphatic carboxylic acids is 1. The van der Waals surface area contributed by atoms with Crippen LogP contribution in [0.2, 0.25) is 0 Å². The molecule has 0 unspecified atom stereocenters. The zero-order valence-electron chi connectivity index (χ0n) is 19.2. The minimum atomic E-state index is -1.24. The number of aliphatic hydroxyl groups is 1. The van der Waals surface area contributed by atoms with E-state index in [0.717, 1.165) is 22.3 Å². The first-order chi connectivity index (χ1) is 16.9. The van der Waals surface area contributed by atoms with E-state index >= 15 is 0 Å². The van der Waals surface area contributed by atoms with Crippen LogP contribution in [-0.2, 0) is 9.53 Å². The standard InChI is InChI=1S/C27H26N2O6/c1-16-17(25(31)28-24(13-14-30)26(32)33)11-6-12-23(16)29-27(34)35-15-22-20-9-4-2-7-18(20)19-8-3-5-10-21(19)22/h2-12,22,24,30H,13-15H2,1H3,(H,28,31)(H,29,34)(H,32,33)/t24-/m0/s1. The first-order valence-electron chi connectivity index (χ1n) is 11.3. The zero-order valence-corrected chi connectivity index (χ0v) is 19.2. The molecule has 3 aromatic carbocycles. The van der Waals surface area contributed by atoms with Crippen molar-refractivity contribution >= 4 is 23.7 Å². The fourth-order valence-electron chi connectivity index (χ4n) is 4.38. The van der Waals surface area contributed by atoms with Crippen molar-refractivity contribution in [2.75, 3.05) is 18.5 Å². The lowest BCUT2D eigenvalue weighted by atomic mass is 9.98. The number of anilines is 1. The Morgan fingerprint density at radius 1 is 0.943 bits per heavy atom. The van der Waals surface area contributed by atoms with E-state index < -0.39 is 24.0 Å². The number of hydrogen-bond acceptors (Lipinski definition) is 5. The van der Waals surface area contributed by atoms with Gasteiger partial charge in [-0.3, -0.25) is 10.1 Å². The number of carbonyl (C=O) groups excluding carboxylic acids is 2. The lowest BCUT2D eigenvalue weighted by Gasteiger charge is -2.17. The quantitative estimate of drug-likeness (QED) is 0.392. The van der Waals surface area contributed by atoms with Crippen LogP contribution in [0.1, 0.15) is 39.4 Å². The van der Waals surface area contributed by atoms with Crippen molar-refractivity contribution in [1.29, 1.82) is 0 Å². The third-order valence-electron chi connectivity index (χ3n) is 6.18. The molecule has 180 valence electrons. The highest BCUT2D eigenvalue weighted by Gasteiger charge is 2.29. The Kier molecular flexibility index (Phi) is 7.12. The maximum absolute atomic E-state index is 12.6. The van der Waals surface area contributed by atoms with E-state index in [-0.39, 0.29) is 31.1 Å². The van der Waals surface area contributed by atoms with E-state index in [2.05, 4.69) is 22.8 Å². The predicted molar refractivity (Wildman–Crippen MR) is 130 cm³/mol. The van der Waals surface area contributed by atoms with E-state index in [4.69, 9.17) is 9.84 Å². The lowest BCUT2D eigenvalue weighted by Crippen LogP contribution is -2.41. The number of ether oxygens (including phenoxy) is 1. The van der Waals surface area contributed by atoms with Gasteiger partial charge >= 0.3 is 12.1 Å². The van der Waals surface area contributed by atoms with Gasteiger partial charge in [0.15, 0.2) is 0 Å². The first kappa shape index (κ1) is 24.0. The lowest BCUT2D eigenvalue weighted by molar-refractivity contribution is -0.139. The van der Waals surface area contributed by atoms with Gasteiger partial charge in [-0.15, -0.1) is 0 Å². The van der Waals surface area contributed by atoms with Crippen LogP contribution >= 0.6 is 0 Å². The highest BCUT2D eigenvalue weighted by molar-refractivity contribution is 6.00. The van der Waals surface area contributed by atoms with Gasteiger partial charge in [-0.2, -0.15) is 0 Å². The van der Waals surface area contributed by atoms with Crippen LogP contribution in [-0.4, -0.2) is 47.4 Å². The third kappa shape index (κ3) is 5.02. The fraction of sp³-hybridized carbons (Fsp3) is 0.222. The molecule has 0 bridgehead atoms. The van der Waals surface area contributed by atoms with Crippen LogP contribution in [0.4, 0.5) is 10.5 Å². The van der Waals surface area contributed by atoms with Gasteiger partial charge in [0.2, 0.25) is 0 Å². The van der Waals surface area contributed by atoms with Crippen molar-refractivity contribution in [3.63, 3.8) is 0 Å². The number of rotatable bonds is 8. The SMILES string of the molecule is Cc1c(NC(=O)OCC2c3ccccc3-c3ccccc32)cccc1C(=O)N[C@@H](CCO)C(=O)O. The summed E-state index contributed by atoms with van der Waals surface area (Å²) in [5, 5.41) is 23.3. The van der Waals surface area contributed by atoms with Crippen molar-refractivity contribution in [3.05, 3.63) is 89.0 Å². The van der Waals surface area contributed by atoms with Gasteiger partial charge in [-0.05, 0) is 46.9 Å². The molecule has 1 atom stereocenters. The Morgan fingerprint density at radius 2 is 1.57 bits per heavy atom. The number of carbonyl (C=O) groups is 3. The Bertz CT molecular complexity index is 1230. The maximum atomic E-state index is 12.6. The molecule has 0 aromatic heterocycles. The second kappa shape index (κ2) is 10.4. The van der Waals surface area contributed by atoms with Crippen LogP contribution in [0.25, 0.3) is 11.1 Å². The van der Waals surface area contributed by atoms with Gasteiger partial charge in [-0.25, -0.2) is 9.59 Å². The molecule has 0 fully saturated rings. The summed E-state index contributed by atoms with van der Waals surface area (Å²) in [7, 11) is 0. The highest BCUT2D eigenvalue weighted by Crippen LogP contribution is 2.44. The predicted octanol–water partition coefficient (Wildman–Crippen LogP) is 3.92. The van der Waals surface area contributed by atoms with E-state index in [1.54, 1.807) is 19.1 Å². The Balaban J connectivity index is 1.44. The van der Waals surface area contributed by atoms with Crippen molar-refractivity contribution in [1.82, 2.24) is 5.32 Å². The van der Waals surface area contributed by atoms with Crippen LogP contribution in [0.3, 0.4) is 0 Å². The van der Waals surface area contributed by atoms with Crippen molar-refractivity contribution in [2.24, 2.45) is 0 Å². The third-order valence-corrected chi connectivity index (χ3v) is 6.18. The van der Waals surface area contributed by atoms with Crippen LogP contribution < -0.4 is 10.6 Å². The summed E-state index contributed by atoms with van der Waals surface area (Å²) in [6, 6.07) is 19.6. The fourth-order valence-corrected chi connectivity index (χ4v) is 4.38. The molecule has 8 nitrogen and oxygen atoms in total. The number of fused-ring (bicyclic) bond motifs is 3. The van der Waals surface area contributed by atoms with Crippen LogP contribution in [0.15, 0.2) is 66.7 Å². The number of aliphatic hydroxyl groups excluding tert-OH is 1. The maximum Gasteiger partial charge on any atom is 0.411 e. The zero-order chi connectivity index (χ0) is 24.9. The molecule has 8 heteroatoms. The monoisotopic (exact) mass is 474 g/mol. The number of hydrogen-bond donors (Lipinski definition) is 4. The number of carboxylic acids is 1. The largest absolute Gasteiger partial charge is 0.480 e. The summed E-state index contributed by atoms with van der Waals surface area (Å²) in [5.41, 5.74) is 5.53. The molecular formula is C27H26N2O6. The van der Waals surface area contributed by atoms with Crippen LogP contribution in [0.5, 0.6) is 0 Å². The summed E-state index contributed by atoms with van der Waals surface area (Å²) in [4.78, 5) is 36.6. The van der Waals surface area contributed by atoms with Crippen molar-refractivity contribution in [2.45, 2.75) is 25.3 Å². The van der Waals surface area contributed by atoms with Gasteiger partial charge in [0.05, 0.1) is 0 Å². The average Bonchev–Trinajstić information content (AvgIpc) is 3.17. The molecule has 3 aromatic rings. The topological polar surface area (TPSA) is 125 Å². The van der Waals surface area contributed by atoms with Crippen molar-refractivity contribution in [3.8, 4) is 11.1 Å². The van der Waals surface area contributed by atoms with E-state index in [0.29, 0.717) is 11.3 Å². The molecule has 4 rings (SSSR count). The van der Waals surface area contributed by atoms with E-state index in [1.807, 2.05) is 36.4 Å². The molecule has 0 heterocycles. The van der Waals surface area contributed by atoms with Gasteiger partial charge < -0.3 is 20.3 Å². The summed E-state index contributed by atoms with van der Waals surface area (Å²) in [5.74, 6) is -1.93. The van der Waals surface area contributed by atoms with Crippen LogP contribution in [0, 0.1) is 6.92 Å². The summed E-state index contributed by atoms with van der Waals surface area (Å²) in [6.45, 7) is 1.43. The molecule has 0 saturated heterocycles. The normalized spacial score (nSPS) is 12.9. The molecule has 0 radical (unpaired) electrons. The first-order valence-corrected chi connectivity index (χ1v) is 11.3. The summed E-state index contributed by atoms with van der Waals surface area (Å²) >= 11 is 0. The number of benzene rings is 3. The molecule has 0 aliphatic heterocycles. The molecule has 0 saturated carbocycles. The molecule has 2 amide bonds. The average molecular weight is 475 g/mol. The van der Waals surface area contributed by atoms with Gasteiger partial charge in [0.1, 0.15) is 12.6 Å². The van der Waals surface area contributed by atoms with E-state index in [9.17, 15) is 19.5 Å². The minimum absolute atomic E-state index is 0.0779. The van der Waals surface area contributed by atoms with E-state index in [1.165, 1.54) is 6.07 Å². The molecule has 35 heavy (non-hydrogen) atoms. The smallest absolute Gasteiger partial charge is 0.411 e. The molecule has 0 spiro atoms. The highest BCUT2D eigenvalue weighted by atomic mass is 16.5. The molecule has 1 aliphatic rings. The van der Waals surface area contributed by atoms with Crippen molar-refractivity contribution < 1.29 is 29.3 Å². The molecule has 1 aliphatic carbocycles.